The van der Waals surface area contributed by atoms with Gasteiger partial charge in [-0.05, 0) is 51.7 Å². The fourth-order valence-corrected chi connectivity index (χ4v) is 4.63. The summed E-state index contributed by atoms with van der Waals surface area (Å²) in [5.41, 5.74) is 3.48. The summed E-state index contributed by atoms with van der Waals surface area (Å²) in [6.07, 6.45) is 3.84. The predicted molar refractivity (Wildman–Crippen MR) is 125 cm³/mol. The molecule has 3 heterocycles. The van der Waals surface area contributed by atoms with Gasteiger partial charge < -0.3 is 10.2 Å². The predicted octanol–water partition coefficient (Wildman–Crippen LogP) is 2.41. The van der Waals surface area contributed by atoms with E-state index in [1.165, 1.54) is 18.2 Å². The van der Waals surface area contributed by atoms with Crippen LogP contribution in [0.1, 0.15) is 45.1 Å². The van der Waals surface area contributed by atoms with Gasteiger partial charge in [0.15, 0.2) is 5.16 Å². The number of piperidine rings is 1. The molecule has 0 spiro atoms. The highest BCUT2D eigenvalue weighted by Crippen LogP contribution is 2.28. The Balaban J connectivity index is 1.50. The maximum atomic E-state index is 12.6. The van der Waals surface area contributed by atoms with Gasteiger partial charge in [0, 0.05) is 13.1 Å². The average molecular weight is 472 g/mol. The van der Waals surface area contributed by atoms with Gasteiger partial charge in [-0.3, -0.25) is 19.6 Å². The highest BCUT2D eigenvalue weighted by atomic mass is 32.2. The Morgan fingerprint density at radius 3 is 2.48 bits per heavy atom. The Bertz CT molecular complexity index is 1050. The number of nitrogens with one attached hydrogen (secondary N) is 2. The molecule has 2 aromatic rings. The number of aryl methyl sites for hydroxylation is 1. The first-order valence-electron chi connectivity index (χ1n) is 11.2. The number of carbonyl (C=O) groups is 3. The van der Waals surface area contributed by atoms with Crippen molar-refractivity contribution in [2.24, 2.45) is 0 Å². The standard InChI is InChI=1S/C22H29N7O3S/c1-4-22(3)18(31)29(20(32)23-22)26-17(30)14-33-21-25-24-19(27-12-6-5-7-13-27)28(21)16-10-8-15(2)9-11-16/h8-11H,4-7,12-14H2,1-3H3,(H,23,32)(H,26,30). The third-order valence-corrected chi connectivity index (χ3v) is 7.01. The molecule has 1 unspecified atom stereocenters. The van der Waals surface area contributed by atoms with Crippen LogP contribution in [-0.2, 0) is 9.59 Å². The summed E-state index contributed by atoms with van der Waals surface area (Å²) in [7, 11) is 0. The van der Waals surface area contributed by atoms with E-state index in [0.29, 0.717) is 11.6 Å². The van der Waals surface area contributed by atoms with E-state index in [2.05, 4.69) is 25.8 Å². The quantitative estimate of drug-likeness (QED) is 0.471. The number of urea groups is 1. The number of carbonyl (C=O) groups excluding carboxylic acids is 3. The van der Waals surface area contributed by atoms with E-state index in [4.69, 9.17) is 0 Å². The minimum absolute atomic E-state index is 0.0239. The molecule has 33 heavy (non-hydrogen) atoms. The van der Waals surface area contributed by atoms with Crippen molar-refractivity contribution in [2.45, 2.75) is 57.1 Å². The third kappa shape index (κ3) is 4.68. The Kier molecular flexibility index (Phi) is 6.59. The number of benzene rings is 1. The topological polar surface area (TPSA) is 112 Å². The molecular formula is C22H29N7O3S. The van der Waals surface area contributed by atoms with Gasteiger partial charge in [-0.2, -0.15) is 5.01 Å². The summed E-state index contributed by atoms with van der Waals surface area (Å²) in [5, 5.41) is 12.7. The zero-order valence-corrected chi connectivity index (χ0v) is 19.9. The zero-order valence-electron chi connectivity index (χ0n) is 19.1. The molecule has 2 aliphatic rings. The van der Waals surface area contributed by atoms with Crippen LogP contribution >= 0.6 is 11.8 Å². The molecule has 0 aliphatic carbocycles. The van der Waals surface area contributed by atoms with Gasteiger partial charge in [0.1, 0.15) is 5.54 Å². The maximum Gasteiger partial charge on any atom is 0.344 e. The molecule has 4 rings (SSSR count). The van der Waals surface area contributed by atoms with E-state index in [9.17, 15) is 14.4 Å². The van der Waals surface area contributed by atoms with Gasteiger partial charge in [-0.25, -0.2) is 4.79 Å². The van der Waals surface area contributed by atoms with Gasteiger partial charge in [-0.1, -0.05) is 36.4 Å². The molecule has 2 saturated heterocycles. The highest BCUT2D eigenvalue weighted by Gasteiger charge is 2.47. The van der Waals surface area contributed by atoms with Crippen LogP contribution in [0, 0.1) is 6.92 Å². The second kappa shape index (κ2) is 9.42. The molecule has 0 bridgehead atoms. The lowest BCUT2D eigenvalue weighted by Gasteiger charge is -2.27. The van der Waals surface area contributed by atoms with Crippen LogP contribution in [0.25, 0.3) is 5.69 Å². The number of aromatic nitrogens is 3. The van der Waals surface area contributed by atoms with E-state index in [-0.39, 0.29) is 5.75 Å². The van der Waals surface area contributed by atoms with Gasteiger partial charge in [-0.15, -0.1) is 10.2 Å². The molecule has 4 amide bonds. The Labute approximate surface area is 197 Å². The van der Waals surface area contributed by atoms with E-state index < -0.39 is 23.4 Å². The van der Waals surface area contributed by atoms with Crippen LogP contribution in [0.4, 0.5) is 10.7 Å². The lowest BCUT2D eigenvalue weighted by atomic mass is 10.00. The van der Waals surface area contributed by atoms with Gasteiger partial charge in [0.05, 0.1) is 11.4 Å². The molecule has 0 radical (unpaired) electrons. The van der Waals surface area contributed by atoms with Crippen molar-refractivity contribution in [1.29, 1.82) is 0 Å². The number of hydrazine groups is 1. The van der Waals surface area contributed by atoms with Crippen molar-refractivity contribution in [1.82, 2.24) is 30.5 Å². The van der Waals surface area contributed by atoms with E-state index in [1.807, 2.05) is 35.8 Å². The molecular weight excluding hydrogens is 442 g/mol. The molecule has 0 saturated carbocycles. The largest absolute Gasteiger partial charge is 0.344 e. The van der Waals surface area contributed by atoms with Gasteiger partial charge in [0.2, 0.25) is 11.9 Å². The van der Waals surface area contributed by atoms with Gasteiger partial charge in [0.25, 0.3) is 5.91 Å². The van der Waals surface area contributed by atoms with Crippen molar-refractivity contribution in [3.8, 4) is 5.69 Å². The summed E-state index contributed by atoms with van der Waals surface area (Å²) in [4.78, 5) is 39.5. The van der Waals surface area contributed by atoms with Crippen molar-refractivity contribution >= 4 is 35.6 Å². The first-order valence-corrected chi connectivity index (χ1v) is 12.2. The number of rotatable bonds is 7. The third-order valence-electron chi connectivity index (χ3n) is 6.08. The first-order chi connectivity index (χ1) is 15.8. The lowest BCUT2D eigenvalue weighted by Crippen LogP contribution is -2.49. The molecule has 1 atom stereocenters. The van der Waals surface area contributed by atoms with E-state index in [0.717, 1.165) is 48.1 Å². The number of amides is 4. The second-order valence-corrected chi connectivity index (χ2v) is 9.52. The lowest BCUT2D eigenvalue weighted by molar-refractivity contribution is -0.137. The Morgan fingerprint density at radius 2 is 1.85 bits per heavy atom. The monoisotopic (exact) mass is 471 g/mol. The number of hydrogen-bond donors (Lipinski definition) is 2. The van der Waals surface area contributed by atoms with Crippen LogP contribution in [0.2, 0.25) is 0 Å². The number of imide groups is 1. The summed E-state index contributed by atoms with van der Waals surface area (Å²) in [6, 6.07) is 7.44. The van der Waals surface area contributed by atoms with E-state index in [1.54, 1.807) is 13.8 Å². The number of nitrogens with zero attached hydrogens (tertiary/aromatic N) is 5. The fraction of sp³-hybridized carbons (Fsp3) is 0.500. The van der Waals surface area contributed by atoms with Crippen molar-refractivity contribution < 1.29 is 14.4 Å². The minimum atomic E-state index is -1.01. The van der Waals surface area contributed by atoms with Crippen LogP contribution in [0.3, 0.4) is 0 Å². The molecule has 176 valence electrons. The molecule has 1 aromatic carbocycles. The smallest absolute Gasteiger partial charge is 0.341 e. The molecule has 2 fully saturated rings. The highest BCUT2D eigenvalue weighted by molar-refractivity contribution is 7.99. The van der Waals surface area contributed by atoms with Crippen molar-refractivity contribution in [3.05, 3.63) is 29.8 Å². The van der Waals surface area contributed by atoms with Crippen LogP contribution < -0.4 is 15.6 Å². The minimum Gasteiger partial charge on any atom is -0.341 e. The fourth-order valence-electron chi connectivity index (χ4n) is 3.89. The summed E-state index contributed by atoms with van der Waals surface area (Å²) in [6.45, 7) is 7.30. The second-order valence-electron chi connectivity index (χ2n) is 8.58. The molecule has 11 heteroatoms. The SMILES string of the molecule is CCC1(C)NC(=O)N(NC(=O)CSc2nnc(N3CCCCC3)n2-c2ccc(C)cc2)C1=O. The van der Waals surface area contributed by atoms with Crippen LogP contribution in [-0.4, -0.2) is 62.0 Å². The van der Waals surface area contributed by atoms with Crippen molar-refractivity contribution in [3.63, 3.8) is 0 Å². The Hall–Kier alpha value is -3.08. The number of hydrogen-bond acceptors (Lipinski definition) is 7. The average Bonchev–Trinajstić information content (AvgIpc) is 3.33. The molecule has 10 nitrogen and oxygen atoms in total. The Morgan fingerprint density at radius 1 is 1.15 bits per heavy atom. The number of anilines is 1. The summed E-state index contributed by atoms with van der Waals surface area (Å²) >= 11 is 1.21. The zero-order chi connectivity index (χ0) is 23.6. The van der Waals surface area contributed by atoms with Gasteiger partial charge >= 0.3 is 6.03 Å². The van der Waals surface area contributed by atoms with Crippen LogP contribution in [0.15, 0.2) is 29.4 Å². The summed E-state index contributed by atoms with van der Waals surface area (Å²) in [5.74, 6) is -0.205. The molecule has 1 aromatic heterocycles. The van der Waals surface area contributed by atoms with Crippen molar-refractivity contribution in [2.75, 3.05) is 23.7 Å². The normalized spacial score (nSPS) is 20.8. The molecule has 2 N–H and O–H groups in total. The van der Waals surface area contributed by atoms with E-state index >= 15 is 0 Å². The number of thioether (sulfide) groups is 1. The maximum absolute atomic E-state index is 12.6. The molecule has 2 aliphatic heterocycles. The van der Waals surface area contributed by atoms with Crippen LogP contribution in [0.5, 0.6) is 0 Å². The first kappa shape index (κ1) is 23.1. The summed E-state index contributed by atoms with van der Waals surface area (Å²) < 4.78 is 1.96.